The number of methoxy groups -OCH3 is 2. The third kappa shape index (κ3) is 48.9. The third-order valence-corrected chi connectivity index (χ3v) is 0.795. The molecule has 0 radical (unpaired) electrons. The van der Waals surface area contributed by atoms with Crippen LogP contribution in [-0.2, 0) is 9.47 Å². The van der Waals surface area contributed by atoms with Crippen molar-refractivity contribution in [2.75, 3.05) is 41.2 Å². The number of aliphatic hydroxyl groups excluding tert-OH is 2. The maximum atomic E-state index is 7.94. The highest BCUT2D eigenvalue weighted by atomic mass is 16.5. The Morgan fingerprint density at radius 2 is 1.54 bits per heavy atom. The van der Waals surface area contributed by atoms with Crippen molar-refractivity contribution in [3.8, 4) is 0 Å². The minimum absolute atomic E-state index is 0.122. The fraction of sp³-hybridized carbons (Fsp3) is 1.00. The topological polar surface area (TPSA) is 58.9 Å². The SMILES string of the molecule is CO.COCC(C)C.COCCO. The molecule has 0 heterocycles. The van der Waals surface area contributed by atoms with Gasteiger partial charge in [-0.3, -0.25) is 0 Å². The van der Waals surface area contributed by atoms with Crippen LogP contribution in [0.25, 0.3) is 0 Å². The smallest absolute Gasteiger partial charge is 0.0693 e. The Kier molecular flexibility index (Phi) is 32.4. The number of aliphatic hydroxyl groups is 2. The van der Waals surface area contributed by atoms with Crippen molar-refractivity contribution in [2.45, 2.75) is 13.8 Å². The van der Waals surface area contributed by atoms with E-state index in [9.17, 15) is 0 Å². The van der Waals surface area contributed by atoms with E-state index in [0.29, 0.717) is 12.5 Å². The first-order chi connectivity index (χ1) is 6.18. The van der Waals surface area contributed by atoms with E-state index < -0.39 is 0 Å². The lowest BCUT2D eigenvalue weighted by molar-refractivity contribution is 0.135. The van der Waals surface area contributed by atoms with E-state index in [-0.39, 0.29) is 6.61 Å². The minimum Gasteiger partial charge on any atom is -0.400 e. The summed E-state index contributed by atoms with van der Waals surface area (Å²) in [6.45, 7) is 5.70. The van der Waals surface area contributed by atoms with Crippen LogP contribution in [0.5, 0.6) is 0 Å². The van der Waals surface area contributed by atoms with Gasteiger partial charge in [-0.05, 0) is 5.92 Å². The Balaban J connectivity index is -0.000000131. The Morgan fingerprint density at radius 3 is 1.54 bits per heavy atom. The molecule has 0 saturated carbocycles. The molecular weight excluding hydrogens is 172 g/mol. The van der Waals surface area contributed by atoms with E-state index >= 15 is 0 Å². The standard InChI is InChI=1S/C5H12O.C3H8O2.CH4O/c1-5(2)4-6-3;1-5-3-2-4;1-2/h5H,4H2,1-3H3;4H,2-3H2,1H3;2H,1H3. The lowest BCUT2D eigenvalue weighted by Crippen LogP contribution is -1.96. The molecule has 0 bridgehead atoms. The largest absolute Gasteiger partial charge is 0.400 e. The normalized spacial score (nSPS) is 8.31. The van der Waals surface area contributed by atoms with Crippen molar-refractivity contribution in [3.05, 3.63) is 0 Å². The lowest BCUT2D eigenvalue weighted by Gasteiger charge is -1.97. The molecule has 0 aliphatic rings. The first kappa shape index (κ1) is 18.6. The Hall–Kier alpha value is -0.160. The van der Waals surface area contributed by atoms with E-state index in [1.165, 1.54) is 0 Å². The van der Waals surface area contributed by atoms with Crippen LogP contribution in [0.3, 0.4) is 0 Å². The van der Waals surface area contributed by atoms with Crippen molar-refractivity contribution in [1.29, 1.82) is 0 Å². The maximum Gasteiger partial charge on any atom is 0.0693 e. The summed E-state index contributed by atoms with van der Waals surface area (Å²) in [6.07, 6.45) is 0. The summed E-state index contributed by atoms with van der Waals surface area (Å²) in [7, 11) is 4.27. The fourth-order valence-corrected chi connectivity index (χ4v) is 0.425. The second-order valence-corrected chi connectivity index (χ2v) is 2.57. The van der Waals surface area contributed by atoms with Crippen LogP contribution in [0.15, 0.2) is 0 Å². The summed E-state index contributed by atoms with van der Waals surface area (Å²) < 4.78 is 9.24. The summed E-state index contributed by atoms with van der Waals surface area (Å²) >= 11 is 0. The second-order valence-electron chi connectivity index (χ2n) is 2.57. The molecule has 0 aliphatic carbocycles. The van der Waals surface area contributed by atoms with Crippen LogP contribution in [0.4, 0.5) is 0 Å². The van der Waals surface area contributed by atoms with E-state index in [0.717, 1.165) is 13.7 Å². The van der Waals surface area contributed by atoms with Gasteiger partial charge in [0.05, 0.1) is 13.2 Å². The van der Waals surface area contributed by atoms with Gasteiger partial charge in [-0.1, -0.05) is 13.8 Å². The summed E-state index contributed by atoms with van der Waals surface area (Å²) in [6, 6.07) is 0. The van der Waals surface area contributed by atoms with Crippen LogP contribution in [-0.4, -0.2) is 51.4 Å². The molecule has 0 unspecified atom stereocenters. The van der Waals surface area contributed by atoms with Crippen molar-refractivity contribution in [1.82, 2.24) is 0 Å². The highest BCUT2D eigenvalue weighted by molar-refractivity contribution is 4.35. The van der Waals surface area contributed by atoms with Gasteiger partial charge in [0.2, 0.25) is 0 Å². The van der Waals surface area contributed by atoms with E-state index in [2.05, 4.69) is 18.6 Å². The number of hydrogen-bond donors (Lipinski definition) is 2. The van der Waals surface area contributed by atoms with Gasteiger partial charge in [0.25, 0.3) is 0 Å². The predicted molar refractivity (Wildman–Crippen MR) is 53.8 cm³/mol. The summed E-state index contributed by atoms with van der Waals surface area (Å²) in [5.41, 5.74) is 0. The lowest BCUT2D eigenvalue weighted by atomic mass is 10.2. The highest BCUT2D eigenvalue weighted by Gasteiger charge is 1.85. The number of hydrogen-bond acceptors (Lipinski definition) is 4. The molecule has 0 atom stereocenters. The first-order valence-corrected chi connectivity index (χ1v) is 4.22. The highest BCUT2D eigenvalue weighted by Crippen LogP contribution is 1.88. The van der Waals surface area contributed by atoms with Gasteiger partial charge in [-0.15, -0.1) is 0 Å². The van der Waals surface area contributed by atoms with Crippen LogP contribution in [0, 0.1) is 5.92 Å². The molecule has 0 aromatic carbocycles. The number of ether oxygens (including phenoxy) is 2. The second kappa shape index (κ2) is 22.6. The molecule has 4 nitrogen and oxygen atoms in total. The quantitative estimate of drug-likeness (QED) is 0.688. The van der Waals surface area contributed by atoms with Crippen LogP contribution < -0.4 is 0 Å². The van der Waals surface area contributed by atoms with E-state index in [1.807, 2.05) is 0 Å². The van der Waals surface area contributed by atoms with Gasteiger partial charge in [0.1, 0.15) is 0 Å². The molecule has 0 aromatic heterocycles. The molecule has 0 amide bonds. The van der Waals surface area contributed by atoms with E-state index in [4.69, 9.17) is 14.9 Å². The Morgan fingerprint density at radius 1 is 1.08 bits per heavy atom. The average molecular weight is 196 g/mol. The average Bonchev–Trinajstić information content (AvgIpc) is 2.10. The maximum absolute atomic E-state index is 7.94. The van der Waals surface area contributed by atoms with Crippen molar-refractivity contribution in [3.63, 3.8) is 0 Å². The molecule has 84 valence electrons. The molecule has 0 aromatic rings. The minimum atomic E-state index is 0.122. The summed E-state index contributed by atoms with van der Waals surface area (Å²) in [5.74, 6) is 0.676. The van der Waals surface area contributed by atoms with Crippen molar-refractivity contribution < 1.29 is 19.7 Å². The molecule has 0 aliphatic heterocycles. The molecule has 0 spiro atoms. The Labute approximate surface area is 81.5 Å². The predicted octanol–water partition coefficient (Wildman–Crippen LogP) is 0.522. The first-order valence-electron chi connectivity index (χ1n) is 4.22. The summed E-state index contributed by atoms with van der Waals surface area (Å²) in [5, 5.41) is 14.9. The van der Waals surface area contributed by atoms with Gasteiger partial charge < -0.3 is 19.7 Å². The molecule has 13 heavy (non-hydrogen) atoms. The summed E-state index contributed by atoms with van der Waals surface area (Å²) in [4.78, 5) is 0. The molecule has 0 rings (SSSR count). The third-order valence-electron chi connectivity index (χ3n) is 0.795. The molecule has 0 saturated heterocycles. The molecule has 2 N–H and O–H groups in total. The zero-order chi connectivity index (χ0) is 11.1. The van der Waals surface area contributed by atoms with E-state index in [1.54, 1.807) is 14.2 Å². The van der Waals surface area contributed by atoms with Crippen LogP contribution >= 0.6 is 0 Å². The molecular formula is C9H24O4. The van der Waals surface area contributed by atoms with Gasteiger partial charge in [0.15, 0.2) is 0 Å². The Bertz CT molecular complexity index is 55.6. The zero-order valence-corrected chi connectivity index (χ0v) is 9.41. The van der Waals surface area contributed by atoms with Crippen molar-refractivity contribution >= 4 is 0 Å². The van der Waals surface area contributed by atoms with Crippen molar-refractivity contribution in [2.24, 2.45) is 5.92 Å². The number of rotatable bonds is 4. The van der Waals surface area contributed by atoms with Gasteiger partial charge >= 0.3 is 0 Å². The van der Waals surface area contributed by atoms with Gasteiger partial charge in [0, 0.05) is 27.9 Å². The van der Waals surface area contributed by atoms with Gasteiger partial charge in [-0.2, -0.15) is 0 Å². The van der Waals surface area contributed by atoms with Crippen LogP contribution in [0.2, 0.25) is 0 Å². The zero-order valence-electron chi connectivity index (χ0n) is 9.41. The fourth-order valence-electron chi connectivity index (χ4n) is 0.425. The van der Waals surface area contributed by atoms with Gasteiger partial charge in [-0.25, -0.2) is 0 Å². The molecule has 0 fully saturated rings. The van der Waals surface area contributed by atoms with Crippen LogP contribution in [0.1, 0.15) is 13.8 Å². The molecule has 4 heteroatoms. The monoisotopic (exact) mass is 196 g/mol.